The van der Waals surface area contributed by atoms with Crippen molar-refractivity contribution in [3.8, 4) is 0 Å². The van der Waals surface area contributed by atoms with Crippen molar-refractivity contribution in [2.24, 2.45) is 5.92 Å². The molecule has 2 saturated heterocycles. The molecule has 7 nitrogen and oxygen atoms in total. The summed E-state index contributed by atoms with van der Waals surface area (Å²) >= 11 is 1.47. The number of anilines is 1. The minimum Gasteiger partial charge on any atom is -0.388 e. The summed E-state index contributed by atoms with van der Waals surface area (Å²) in [6.45, 7) is 3.54. The number of aromatic nitrogens is 1. The highest BCUT2D eigenvalue weighted by molar-refractivity contribution is 7.22. The van der Waals surface area contributed by atoms with Crippen molar-refractivity contribution in [1.29, 1.82) is 0 Å². The highest BCUT2D eigenvalue weighted by Crippen LogP contribution is 2.33. The number of aliphatic hydroxyl groups is 1. The van der Waals surface area contributed by atoms with Gasteiger partial charge in [-0.3, -0.25) is 14.5 Å². The Bertz CT molecular complexity index is 875. The molecule has 1 aromatic carbocycles. The van der Waals surface area contributed by atoms with Gasteiger partial charge in [0.2, 0.25) is 11.8 Å². The van der Waals surface area contributed by atoms with Crippen molar-refractivity contribution in [3.05, 3.63) is 23.8 Å². The predicted octanol–water partition coefficient (Wildman–Crippen LogP) is 1.62. The lowest BCUT2D eigenvalue weighted by atomic mass is 9.94. The van der Waals surface area contributed by atoms with Crippen molar-refractivity contribution >= 4 is 38.5 Å². The maximum absolute atomic E-state index is 12.5. The average molecular weight is 389 g/mol. The molecule has 2 aliphatic rings. The van der Waals surface area contributed by atoms with Crippen LogP contribution in [0.3, 0.4) is 0 Å². The molecule has 2 N–H and O–H groups in total. The van der Waals surface area contributed by atoms with Crippen LogP contribution in [0, 0.1) is 12.8 Å². The van der Waals surface area contributed by atoms with Gasteiger partial charge in [0, 0.05) is 45.6 Å². The van der Waals surface area contributed by atoms with Crippen LogP contribution in [0.2, 0.25) is 0 Å². The molecule has 2 fully saturated rings. The van der Waals surface area contributed by atoms with Gasteiger partial charge < -0.3 is 15.2 Å². The topological polar surface area (TPSA) is 91.8 Å². The zero-order chi connectivity index (χ0) is 19.0. The van der Waals surface area contributed by atoms with E-state index in [0.29, 0.717) is 37.7 Å². The van der Waals surface area contributed by atoms with E-state index in [2.05, 4.69) is 16.4 Å². The minimum atomic E-state index is -0.916. The minimum absolute atomic E-state index is 0.0873. The number of amides is 2. The largest absolute Gasteiger partial charge is 0.388 e. The van der Waals surface area contributed by atoms with E-state index in [0.717, 1.165) is 15.8 Å². The van der Waals surface area contributed by atoms with Gasteiger partial charge in [0.25, 0.3) is 0 Å². The number of hydrogen-bond donors (Lipinski definition) is 2. The summed E-state index contributed by atoms with van der Waals surface area (Å²) in [5, 5.41) is 13.9. The molecule has 0 aliphatic carbocycles. The molecule has 144 valence electrons. The number of aryl methyl sites for hydroxylation is 1. The molecule has 8 heteroatoms. The van der Waals surface area contributed by atoms with E-state index in [1.807, 2.05) is 19.1 Å². The van der Waals surface area contributed by atoms with Crippen LogP contribution in [0.5, 0.6) is 0 Å². The lowest BCUT2D eigenvalue weighted by Gasteiger charge is -2.32. The van der Waals surface area contributed by atoms with Gasteiger partial charge in [0.1, 0.15) is 0 Å². The zero-order valence-corrected chi connectivity index (χ0v) is 16.1. The number of thiazole rings is 1. The fourth-order valence-corrected chi connectivity index (χ4v) is 4.62. The van der Waals surface area contributed by atoms with Gasteiger partial charge in [-0.05, 0) is 24.6 Å². The molecule has 0 saturated carbocycles. The smallest absolute Gasteiger partial charge is 0.229 e. The molecular weight excluding hydrogens is 366 g/mol. The van der Waals surface area contributed by atoms with Crippen LogP contribution < -0.4 is 10.2 Å². The Balaban J connectivity index is 1.41. The number of carbonyl (C=O) groups is 2. The van der Waals surface area contributed by atoms with Crippen LogP contribution in [0.4, 0.5) is 5.13 Å². The van der Waals surface area contributed by atoms with Gasteiger partial charge in [-0.25, -0.2) is 4.98 Å². The van der Waals surface area contributed by atoms with E-state index < -0.39 is 11.5 Å². The summed E-state index contributed by atoms with van der Waals surface area (Å²) in [5.41, 5.74) is 1.10. The molecule has 3 heterocycles. The van der Waals surface area contributed by atoms with E-state index in [1.165, 1.54) is 11.3 Å². The third kappa shape index (κ3) is 3.83. The monoisotopic (exact) mass is 389 g/mol. The summed E-state index contributed by atoms with van der Waals surface area (Å²) in [5.74, 6) is -0.701. The second-order valence-corrected chi connectivity index (χ2v) is 8.44. The molecule has 2 aromatic rings. The van der Waals surface area contributed by atoms with Crippen LogP contribution in [0.15, 0.2) is 18.2 Å². The zero-order valence-electron chi connectivity index (χ0n) is 15.2. The maximum Gasteiger partial charge on any atom is 0.229 e. The van der Waals surface area contributed by atoms with Gasteiger partial charge in [-0.1, -0.05) is 17.4 Å². The first-order valence-corrected chi connectivity index (χ1v) is 10.0. The SMILES string of the molecule is Cc1ccc2nc(N3CC(C(=O)NCC4(O)CCOCC4)CC3=O)sc2c1. The molecule has 2 amide bonds. The van der Waals surface area contributed by atoms with Crippen LogP contribution in [-0.4, -0.2) is 53.8 Å². The fraction of sp³-hybridized carbons (Fsp3) is 0.526. The van der Waals surface area contributed by atoms with E-state index >= 15 is 0 Å². The van der Waals surface area contributed by atoms with Crippen LogP contribution in [0.25, 0.3) is 10.2 Å². The summed E-state index contributed by atoms with van der Waals surface area (Å²) < 4.78 is 6.29. The van der Waals surface area contributed by atoms with E-state index in [9.17, 15) is 14.7 Å². The second-order valence-electron chi connectivity index (χ2n) is 7.43. The molecule has 1 aromatic heterocycles. The maximum atomic E-state index is 12.5. The van der Waals surface area contributed by atoms with E-state index in [4.69, 9.17) is 4.74 Å². The van der Waals surface area contributed by atoms with Crippen molar-refractivity contribution < 1.29 is 19.4 Å². The summed E-state index contributed by atoms with van der Waals surface area (Å²) in [6.07, 6.45) is 1.19. The van der Waals surface area contributed by atoms with Gasteiger partial charge in [-0.15, -0.1) is 0 Å². The Morgan fingerprint density at radius 1 is 1.44 bits per heavy atom. The lowest BCUT2D eigenvalue weighted by molar-refractivity contribution is -0.128. The van der Waals surface area contributed by atoms with E-state index in [-0.39, 0.29) is 24.8 Å². The molecule has 0 radical (unpaired) electrons. The number of nitrogens with one attached hydrogen (secondary N) is 1. The van der Waals surface area contributed by atoms with Gasteiger partial charge in [-0.2, -0.15) is 0 Å². The number of ether oxygens (including phenoxy) is 1. The van der Waals surface area contributed by atoms with Crippen LogP contribution >= 0.6 is 11.3 Å². The summed E-state index contributed by atoms with van der Waals surface area (Å²) in [4.78, 5) is 31.1. The highest BCUT2D eigenvalue weighted by Gasteiger charge is 2.38. The molecule has 0 spiro atoms. The summed E-state index contributed by atoms with van der Waals surface area (Å²) in [6, 6.07) is 5.99. The fourth-order valence-electron chi connectivity index (χ4n) is 3.53. The molecule has 4 rings (SSSR count). The molecule has 1 atom stereocenters. The lowest BCUT2D eigenvalue weighted by Crippen LogP contribution is -2.48. The molecule has 2 aliphatic heterocycles. The Morgan fingerprint density at radius 2 is 2.22 bits per heavy atom. The molecule has 1 unspecified atom stereocenters. The Kier molecular flexibility index (Phi) is 4.88. The standard InChI is InChI=1S/C19H23N3O4S/c1-12-2-3-14-15(8-12)27-18(21-14)22-10-13(9-16(22)23)17(24)20-11-19(25)4-6-26-7-5-19/h2-3,8,13,25H,4-7,9-11H2,1H3,(H,20,24). The molecule has 27 heavy (non-hydrogen) atoms. The van der Waals surface area contributed by atoms with Crippen LogP contribution in [-0.2, 0) is 14.3 Å². The Hall–Kier alpha value is -2.03. The number of hydrogen-bond acceptors (Lipinski definition) is 6. The van der Waals surface area contributed by atoms with Gasteiger partial charge >= 0.3 is 0 Å². The first kappa shape index (κ1) is 18.3. The normalized spacial score (nSPS) is 22.4. The number of carbonyl (C=O) groups excluding carboxylic acids is 2. The second kappa shape index (κ2) is 7.18. The Morgan fingerprint density at radius 3 is 3.00 bits per heavy atom. The van der Waals surface area contributed by atoms with Gasteiger partial charge in [0.15, 0.2) is 5.13 Å². The van der Waals surface area contributed by atoms with Crippen LogP contribution in [0.1, 0.15) is 24.8 Å². The number of fused-ring (bicyclic) bond motifs is 1. The first-order valence-electron chi connectivity index (χ1n) is 9.19. The third-order valence-corrected chi connectivity index (χ3v) is 6.32. The van der Waals surface area contributed by atoms with Crippen molar-refractivity contribution in [1.82, 2.24) is 10.3 Å². The Labute approximate surface area is 161 Å². The third-order valence-electron chi connectivity index (χ3n) is 5.27. The van der Waals surface area contributed by atoms with Crippen molar-refractivity contribution in [3.63, 3.8) is 0 Å². The number of benzene rings is 1. The average Bonchev–Trinajstić information content (AvgIpc) is 3.23. The van der Waals surface area contributed by atoms with Crippen molar-refractivity contribution in [2.75, 3.05) is 31.2 Å². The quantitative estimate of drug-likeness (QED) is 0.829. The predicted molar refractivity (Wildman–Crippen MR) is 103 cm³/mol. The molecule has 0 bridgehead atoms. The highest BCUT2D eigenvalue weighted by atomic mass is 32.1. The summed E-state index contributed by atoms with van der Waals surface area (Å²) in [7, 11) is 0. The number of rotatable bonds is 4. The van der Waals surface area contributed by atoms with Gasteiger partial charge in [0.05, 0.1) is 21.7 Å². The molecular formula is C19H23N3O4S. The number of nitrogens with zero attached hydrogens (tertiary/aromatic N) is 2. The first-order chi connectivity index (χ1) is 12.9. The van der Waals surface area contributed by atoms with E-state index in [1.54, 1.807) is 4.90 Å². The van der Waals surface area contributed by atoms with Crippen molar-refractivity contribution in [2.45, 2.75) is 31.8 Å².